The Morgan fingerprint density at radius 1 is 1.24 bits per heavy atom. The Morgan fingerprint density at radius 3 is 3.00 bits per heavy atom. The molecule has 2 aliphatic rings. The second kappa shape index (κ2) is 9.78. The van der Waals surface area contributed by atoms with Crippen molar-refractivity contribution in [1.82, 2.24) is 10.2 Å². The van der Waals surface area contributed by atoms with E-state index in [-0.39, 0.29) is 6.10 Å². The molecule has 0 aromatic heterocycles. The van der Waals surface area contributed by atoms with Gasteiger partial charge in [-0.3, -0.25) is 0 Å². The van der Waals surface area contributed by atoms with E-state index >= 15 is 0 Å². The Labute approximate surface area is 130 Å². The van der Waals surface area contributed by atoms with Crippen molar-refractivity contribution in [3.63, 3.8) is 0 Å². The second-order valence-electron chi connectivity index (χ2n) is 6.75. The second-order valence-corrected chi connectivity index (χ2v) is 6.75. The molecule has 2 aliphatic heterocycles. The maximum atomic E-state index is 9.97. The fraction of sp³-hybridized carbons (Fsp3) is 1.00. The largest absolute Gasteiger partial charge is 0.389 e. The molecule has 0 aromatic rings. The number of nitrogens with one attached hydrogen (secondary N) is 1. The van der Waals surface area contributed by atoms with Crippen molar-refractivity contribution in [2.24, 2.45) is 0 Å². The van der Waals surface area contributed by atoms with Crippen LogP contribution in [0.25, 0.3) is 0 Å². The maximum absolute atomic E-state index is 9.97. The van der Waals surface area contributed by atoms with E-state index in [1.54, 1.807) is 0 Å². The fourth-order valence-corrected chi connectivity index (χ4v) is 3.62. The Balaban J connectivity index is 1.48. The molecule has 2 fully saturated rings. The first kappa shape index (κ1) is 17.2. The normalized spacial score (nSPS) is 27.7. The van der Waals surface area contributed by atoms with Crippen LogP contribution in [0.5, 0.6) is 0 Å². The SMILES string of the molecule is CCCCCCOCC(O)CNC1CCN2CCCC2C1. The standard InChI is InChI=1S/C17H34N2O2/c1-2-3-4-5-11-21-14-17(20)13-18-15-8-10-19-9-6-7-16(19)12-15/h15-18,20H,2-14H2,1H3. The third-order valence-corrected chi connectivity index (χ3v) is 4.92. The zero-order valence-electron chi connectivity index (χ0n) is 13.7. The van der Waals surface area contributed by atoms with Gasteiger partial charge in [-0.1, -0.05) is 26.2 Å². The van der Waals surface area contributed by atoms with Crippen LogP contribution in [-0.4, -0.2) is 61.0 Å². The number of fused-ring (bicyclic) bond motifs is 1. The molecule has 21 heavy (non-hydrogen) atoms. The minimum Gasteiger partial charge on any atom is -0.389 e. The topological polar surface area (TPSA) is 44.7 Å². The molecular formula is C17H34N2O2. The summed E-state index contributed by atoms with van der Waals surface area (Å²) in [5.74, 6) is 0. The van der Waals surface area contributed by atoms with Crippen molar-refractivity contribution in [1.29, 1.82) is 0 Å². The third-order valence-electron chi connectivity index (χ3n) is 4.92. The van der Waals surface area contributed by atoms with Crippen molar-refractivity contribution >= 4 is 0 Å². The van der Waals surface area contributed by atoms with E-state index in [0.29, 0.717) is 19.2 Å². The summed E-state index contributed by atoms with van der Waals surface area (Å²) >= 11 is 0. The lowest BCUT2D eigenvalue weighted by Crippen LogP contribution is -2.47. The number of hydrogen-bond acceptors (Lipinski definition) is 4. The predicted octanol–water partition coefficient (Wildman–Crippen LogP) is 2.16. The average molecular weight is 298 g/mol. The van der Waals surface area contributed by atoms with Crippen molar-refractivity contribution in [3.05, 3.63) is 0 Å². The van der Waals surface area contributed by atoms with Crippen LogP contribution >= 0.6 is 0 Å². The highest BCUT2D eigenvalue weighted by Crippen LogP contribution is 2.26. The monoisotopic (exact) mass is 298 g/mol. The molecule has 0 radical (unpaired) electrons. The smallest absolute Gasteiger partial charge is 0.0897 e. The minimum absolute atomic E-state index is 0.363. The van der Waals surface area contributed by atoms with Gasteiger partial charge >= 0.3 is 0 Å². The number of unbranched alkanes of at least 4 members (excludes halogenated alkanes) is 3. The first-order valence-corrected chi connectivity index (χ1v) is 9.03. The van der Waals surface area contributed by atoms with Crippen LogP contribution in [-0.2, 0) is 4.74 Å². The molecule has 0 amide bonds. The Kier molecular flexibility index (Phi) is 8.01. The van der Waals surface area contributed by atoms with Gasteiger partial charge in [-0.15, -0.1) is 0 Å². The molecule has 0 bridgehead atoms. The van der Waals surface area contributed by atoms with Gasteiger partial charge in [0, 0.05) is 25.2 Å². The summed E-state index contributed by atoms with van der Waals surface area (Å²) in [7, 11) is 0. The van der Waals surface area contributed by atoms with E-state index in [9.17, 15) is 5.11 Å². The Morgan fingerprint density at radius 2 is 2.14 bits per heavy atom. The molecule has 2 rings (SSSR count). The summed E-state index contributed by atoms with van der Waals surface area (Å²) in [6.07, 6.45) is 9.75. The van der Waals surface area contributed by atoms with E-state index < -0.39 is 0 Å². The molecule has 2 heterocycles. The van der Waals surface area contributed by atoms with Crippen LogP contribution in [0, 0.1) is 0 Å². The van der Waals surface area contributed by atoms with Crippen LogP contribution in [0.15, 0.2) is 0 Å². The highest BCUT2D eigenvalue weighted by Gasteiger charge is 2.31. The van der Waals surface area contributed by atoms with Gasteiger partial charge in [0.25, 0.3) is 0 Å². The maximum Gasteiger partial charge on any atom is 0.0897 e. The molecule has 4 heteroatoms. The number of hydrogen-bond donors (Lipinski definition) is 2. The molecule has 0 aromatic carbocycles. The highest BCUT2D eigenvalue weighted by atomic mass is 16.5. The molecule has 0 saturated carbocycles. The van der Waals surface area contributed by atoms with Gasteiger partial charge in [-0.2, -0.15) is 0 Å². The molecule has 3 atom stereocenters. The third kappa shape index (κ3) is 6.23. The molecule has 2 saturated heterocycles. The summed E-state index contributed by atoms with van der Waals surface area (Å²) in [6, 6.07) is 1.38. The lowest BCUT2D eigenvalue weighted by Gasteiger charge is -2.35. The summed E-state index contributed by atoms with van der Waals surface area (Å²) in [5, 5.41) is 13.5. The molecule has 4 nitrogen and oxygen atoms in total. The quantitative estimate of drug-likeness (QED) is 0.607. The summed E-state index contributed by atoms with van der Waals surface area (Å²) in [6.45, 7) is 6.68. The first-order valence-electron chi connectivity index (χ1n) is 9.03. The number of ether oxygens (including phenoxy) is 1. The molecule has 124 valence electrons. The number of piperidine rings is 1. The van der Waals surface area contributed by atoms with E-state index in [1.165, 1.54) is 58.0 Å². The van der Waals surface area contributed by atoms with Crippen LogP contribution < -0.4 is 5.32 Å². The minimum atomic E-state index is -0.363. The number of nitrogens with zero attached hydrogens (tertiary/aromatic N) is 1. The van der Waals surface area contributed by atoms with Gasteiger partial charge in [0.1, 0.15) is 0 Å². The molecular weight excluding hydrogens is 264 g/mol. The fourth-order valence-electron chi connectivity index (χ4n) is 3.62. The van der Waals surface area contributed by atoms with Gasteiger partial charge in [-0.25, -0.2) is 0 Å². The van der Waals surface area contributed by atoms with E-state index in [4.69, 9.17) is 4.74 Å². The Hall–Kier alpha value is -0.160. The van der Waals surface area contributed by atoms with Gasteiger partial charge in [0.05, 0.1) is 12.7 Å². The van der Waals surface area contributed by atoms with Gasteiger partial charge in [-0.05, 0) is 45.2 Å². The molecule has 2 N–H and O–H groups in total. The van der Waals surface area contributed by atoms with Gasteiger partial charge < -0.3 is 20.1 Å². The molecule has 0 spiro atoms. The summed E-state index contributed by atoms with van der Waals surface area (Å²) in [5.41, 5.74) is 0. The van der Waals surface area contributed by atoms with E-state index in [0.717, 1.165) is 19.1 Å². The zero-order chi connectivity index (χ0) is 14.9. The van der Waals surface area contributed by atoms with Crippen molar-refractivity contribution in [3.8, 4) is 0 Å². The van der Waals surface area contributed by atoms with Crippen LogP contribution in [0.2, 0.25) is 0 Å². The first-order chi connectivity index (χ1) is 10.3. The van der Waals surface area contributed by atoms with Crippen molar-refractivity contribution in [2.75, 3.05) is 32.8 Å². The zero-order valence-corrected chi connectivity index (χ0v) is 13.7. The number of rotatable bonds is 10. The highest BCUT2D eigenvalue weighted by molar-refractivity contribution is 4.89. The Bertz CT molecular complexity index is 276. The van der Waals surface area contributed by atoms with E-state index in [2.05, 4.69) is 17.1 Å². The van der Waals surface area contributed by atoms with Gasteiger partial charge in [0.2, 0.25) is 0 Å². The lowest BCUT2D eigenvalue weighted by molar-refractivity contribution is 0.0321. The predicted molar refractivity (Wildman–Crippen MR) is 86.6 cm³/mol. The summed E-state index contributed by atoms with van der Waals surface area (Å²) < 4.78 is 5.55. The molecule has 3 unspecified atom stereocenters. The van der Waals surface area contributed by atoms with Gasteiger partial charge in [0.15, 0.2) is 0 Å². The average Bonchev–Trinajstić information content (AvgIpc) is 2.96. The van der Waals surface area contributed by atoms with Crippen molar-refractivity contribution in [2.45, 2.75) is 76.5 Å². The van der Waals surface area contributed by atoms with Crippen LogP contribution in [0.1, 0.15) is 58.3 Å². The lowest BCUT2D eigenvalue weighted by atomic mass is 9.97. The van der Waals surface area contributed by atoms with Crippen LogP contribution in [0.3, 0.4) is 0 Å². The summed E-state index contributed by atoms with van der Waals surface area (Å²) in [4.78, 5) is 2.63. The van der Waals surface area contributed by atoms with Crippen LogP contribution in [0.4, 0.5) is 0 Å². The van der Waals surface area contributed by atoms with E-state index in [1.807, 2.05) is 0 Å². The molecule has 0 aliphatic carbocycles. The van der Waals surface area contributed by atoms with Crippen molar-refractivity contribution < 1.29 is 9.84 Å². The number of aliphatic hydroxyl groups excluding tert-OH is 1. The number of aliphatic hydroxyl groups is 1.